The highest BCUT2D eigenvalue weighted by molar-refractivity contribution is 7.89. The van der Waals surface area contributed by atoms with Gasteiger partial charge in [0, 0.05) is 42.5 Å². The minimum absolute atomic E-state index is 0.141. The van der Waals surface area contributed by atoms with Crippen LogP contribution in [0, 0.1) is 5.82 Å². The van der Waals surface area contributed by atoms with Gasteiger partial charge in [-0.2, -0.15) is 15.6 Å². The van der Waals surface area contributed by atoms with Crippen LogP contribution in [-0.4, -0.2) is 51.0 Å². The third-order valence-corrected chi connectivity index (χ3v) is 8.07. The van der Waals surface area contributed by atoms with Gasteiger partial charge in [-0.25, -0.2) is 17.8 Å². The number of nitrogens with zero attached hydrogens (tertiary/aromatic N) is 3. The molecule has 0 radical (unpaired) electrons. The largest absolute Gasteiger partial charge is 0.495 e. The van der Waals surface area contributed by atoms with Crippen molar-refractivity contribution in [2.24, 2.45) is 0 Å². The van der Waals surface area contributed by atoms with Crippen molar-refractivity contribution in [1.29, 1.82) is 0 Å². The summed E-state index contributed by atoms with van der Waals surface area (Å²) in [5, 5.41) is 6.95. The molecule has 0 aliphatic carbocycles. The molecule has 6 nitrogen and oxygen atoms in total. The van der Waals surface area contributed by atoms with E-state index in [-0.39, 0.29) is 10.6 Å². The monoisotopic (exact) mass is 439 g/mol. The molecule has 0 bridgehead atoms. The van der Waals surface area contributed by atoms with Crippen LogP contribution >= 0.6 is 22.7 Å². The van der Waals surface area contributed by atoms with E-state index in [1.165, 1.54) is 23.5 Å². The third-order valence-electron chi connectivity index (χ3n) is 4.56. The number of ether oxygens (including phenoxy) is 1. The smallest absolute Gasteiger partial charge is 0.246 e. The van der Waals surface area contributed by atoms with Gasteiger partial charge in [-0.05, 0) is 29.6 Å². The first-order valence-corrected chi connectivity index (χ1v) is 11.8. The van der Waals surface area contributed by atoms with Crippen molar-refractivity contribution in [1.82, 2.24) is 9.29 Å². The summed E-state index contributed by atoms with van der Waals surface area (Å²) < 4.78 is 46.1. The van der Waals surface area contributed by atoms with Crippen LogP contribution in [-0.2, 0) is 10.0 Å². The highest BCUT2D eigenvalue weighted by Crippen LogP contribution is 2.31. The van der Waals surface area contributed by atoms with Crippen LogP contribution < -0.4 is 9.64 Å². The predicted octanol–water partition coefficient (Wildman–Crippen LogP) is 3.53. The fourth-order valence-electron chi connectivity index (χ4n) is 3.06. The topological polar surface area (TPSA) is 62.7 Å². The molecule has 3 heterocycles. The SMILES string of the molecule is COc1ccc(F)cc1S(=O)(=O)N1CCN(c2nc(-c3ccsc3)cs2)CC1. The zero-order valence-electron chi connectivity index (χ0n) is 15.0. The molecule has 1 aliphatic heterocycles. The Morgan fingerprint density at radius 3 is 2.61 bits per heavy atom. The van der Waals surface area contributed by atoms with E-state index in [9.17, 15) is 12.8 Å². The Hall–Kier alpha value is -2.01. The number of thiazole rings is 1. The van der Waals surface area contributed by atoms with Crippen molar-refractivity contribution in [3.8, 4) is 17.0 Å². The molecule has 0 saturated carbocycles. The number of benzene rings is 1. The first-order chi connectivity index (χ1) is 13.5. The lowest BCUT2D eigenvalue weighted by atomic mass is 10.3. The van der Waals surface area contributed by atoms with Gasteiger partial charge in [-0.3, -0.25) is 0 Å². The summed E-state index contributed by atoms with van der Waals surface area (Å²) >= 11 is 3.17. The van der Waals surface area contributed by atoms with Crippen LogP contribution in [0.15, 0.2) is 45.3 Å². The summed E-state index contributed by atoms with van der Waals surface area (Å²) in [6, 6.07) is 5.55. The molecule has 28 heavy (non-hydrogen) atoms. The number of halogens is 1. The maximum atomic E-state index is 13.6. The van der Waals surface area contributed by atoms with Gasteiger partial charge in [-0.1, -0.05) is 0 Å². The van der Waals surface area contributed by atoms with E-state index in [2.05, 4.69) is 15.3 Å². The number of rotatable bonds is 5. The third kappa shape index (κ3) is 3.64. The molecule has 0 unspecified atom stereocenters. The van der Waals surface area contributed by atoms with Gasteiger partial charge < -0.3 is 9.64 Å². The molecule has 0 atom stereocenters. The number of methoxy groups -OCH3 is 1. The van der Waals surface area contributed by atoms with Crippen molar-refractivity contribution < 1.29 is 17.5 Å². The minimum Gasteiger partial charge on any atom is -0.495 e. The van der Waals surface area contributed by atoms with Gasteiger partial charge >= 0.3 is 0 Å². The van der Waals surface area contributed by atoms with Crippen molar-refractivity contribution in [3.63, 3.8) is 0 Å². The highest BCUT2D eigenvalue weighted by Gasteiger charge is 2.32. The second-order valence-electron chi connectivity index (χ2n) is 6.21. The zero-order valence-corrected chi connectivity index (χ0v) is 17.5. The molecule has 1 aliphatic rings. The maximum absolute atomic E-state index is 13.6. The van der Waals surface area contributed by atoms with Crippen LogP contribution in [0.5, 0.6) is 5.75 Å². The van der Waals surface area contributed by atoms with Crippen LogP contribution in [0.1, 0.15) is 0 Å². The number of anilines is 1. The van der Waals surface area contributed by atoms with Crippen LogP contribution in [0.3, 0.4) is 0 Å². The molecule has 4 rings (SSSR count). The summed E-state index contributed by atoms with van der Waals surface area (Å²) in [5.41, 5.74) is 2.02. The molecule has 0 spiro atoms. The van der Waals surface area contributed by atoms with E-state index in [1.807, 2.05) is 16.8 Å². The average molecular weight is 440 g/mol. The Morgan fingerprint density at radius 2 is 1.93 bits per heavy atom. The Bertz CT molecular complexity index is 1060. The fraction of sp³-hybridized carbons (Fsp3) is 0.278. The van der Waals surface area contributed by atoms with Crippen LogP contribution in [0.25, 0.3) is 11.3 Å². The number of thiophene rings is 1. The lowest BCUT2D eigenvalue weighted by Gasteiger charge is -2.34. The molecule has 0 amide bonds. The van der Waals surface area contributed by atoms with Crippen molar-refractivity contribution in [3.05, 3.63) is 46.2 Å². The number of hydrogen-bond acceptors (Lipinski definition) is 7. The van der Waals surface area contributed by atoms with Crippen LogP contribution in [0.2, 0.25) is 0 Å². The van der Waals surface area contributed by atoms with Gasteiger partial charge in [0.05, 0.1) is 12.8 Å². The Kier molecular flexibility index (Phi) is 5.37. The van der Waals surface area contributed by atoms with Gasteiger partial charge in [-0.15, -0.1) is 11.3 Å². The van der Waals surface area contributed by atoms with E-state index >= 15 is 0 Å². The molecule has 10 heteroatoms. The van der Waals surface area contributed by atoms with Gasteiger partial charge in [0.1, 0.15) is 16.5 Å². The summed E-state index contributed by atoms with van der Waals surface area (Å²) in [7, 11) is -2.46. The standard InChI is InChI=1S/C18H18FN3O3S3/c1-25-16-3-2-14(19)10-17(16)28(23,24)22-7-5-21(6-8-22)18-20-15(12-27-18)13-4-9-26-11-13/h2-4,9-12H,5-8H2,1H3. The lowest BCUT2D eigenvalue weighted by Crippen LogP contribution is -2.48. The second kappa shape index (κ2) is 7.78. The van der Waals surface area contributed by atoms with E-state index in [0.717, 1.165) is 22.5 Å². The number of piperazine rings is 1. The zero-order chi connectivity index (χ0) is 19.7. The molecule has 3 aromatic rings. The van der Waals surface area contributed by atoms with Crippen LogP contribution in [0.4, 0.5) is 9.52 Å². The number of hydrogen-bond donors (Lipinski definition) is 0. The normalized spacial score (nSPS) is 15.7. The fourth-order valence-corrected chi connectivity index (χ4v) is 6.19. The van der Waals surface area contributed by atoms with Gasteiger partial charge in [0.15, 0.2) is 5.13 Å². The molecule has 2 aromatic heterocycles. The quantitative estimate of drug-likeness (QED) is 0.609. The van der Waals surface area contributed by atoms with Crippen molar-refractivity contribution in [2.75, 3.05) is 38.2 Å². The van der Waals surface area contributed by atoms with Gasteiger partial charge in [0.25, 0.3) is 0 Å². The molecular weight excluding hydrogens is 421 g/mol. The lowest BCUT2D eigenvalue weighted by molar-refractivity contribution is 0.373. The summed E-state index contributed by atoms with van der Waals surface area (Å²) in [4.78, 5) is 6.61. The summed E-state index contributed by atoms with van der Waals surface area (Å²) in [5.74, 6) is -0.467. The van der Waals surface area contributed by atoms with Gasteiger partial charge in [0.2, 0.25) is 10.0 Å². The first kappa shape index (κ1) is 19.3. The predicted molar refractivity (Wildman–Crippen MR) is 109 cm³/mol. The second-order valence-corrected chi connectivity index (χ2v) is 9.74. The molecular formula is C18H18FN3O3S3. The average Bonchev–Trinajstić information content (AvgIpc) is 3.40. The highest BCUT2D eigenvalue weighted by atomic mass is 32.2. The maximum Gasteiger partial charge on any atom is 0.246 e. The van der Waals surface area contributed by atoms with E-state index in [0.29, 0.717) is 26.2 Å². The Labute approximate surface area is 170 Å². The van der Waals surface area contributed by atoms with Crippen molar-refractivity contribution in [2.45, 2.75) is 4.90 Å². The van der Waals surface area contributed by atoms with E-state index < -0.39 is 15.8 Å². The Balaban J connectivity index is 1.49. The Morgan fingerprint density at radius 1 is 1.14 bits per heavy atom. The summed E-state index contributed by atoms with van der Waals surface area (Å²) in [6.45, 7) is 1.64. The minimum atomic E-state index is -3.84. The molecule has 1 fully saturated rings. The van der Waals surface area contributed by atoms with E-state index in [1.54, 1.807) is 22.7 Å². The molecule has 1 saturated heterocycles. The van der Waals surface area contributed by atoms with E-state index in [4.69, 9.17) is 4.74 Å². The molecule has 1 aromatic carbocycles. The summed E-state index contributed by atoms with van der Waals surface area (Å²) in [6.07, 6.45) is 0. The molecule has 148 valence electrons. The van der Waals surface area contributed by atoms with Crippen molar-refractivity contribution >= 4 is 37.8 Å². The number of sulfonamides is 1. The molecule has 0 N–H and O–H groups in total. The first-order valence-electron chi connectivity index (χ1n) is 8.56. The number of aromatic nitrogens is 1.